The second-order valence-corrected chi connectivity index (χ2v) is 12.7. The van der Waals surface area contributed by atoms with Crippen LogP contribution >= 0.6 is 0 Å². The number of aryl methyl sites for hydroxylation is 1. The summed E-state index contributed by atoms with van der Waals surface area (Å²) in [5.74, 6) is 1.28. The predicted molar refractivity (Wildman–Crippen MR) is 136 cm³/mol. The van der Waals surface area contributed by atoms with Crippen molar-refractivity contribution in [3.05, 3.63) is 47.0 Å². The molecule has 0 saturated heterocycles. The number of fused-ring (bicyclic) bond motifs is 5. The van der Waals surface area contributed by atoms with Gasteiger partial charge < -0.3 is 9.84 Å². The second-order valence-electron chi connectivity index (χ2n) is 12.7. The molecule has 4 aliphatic rings. The molecule has 4 aliphatic carbocycles. The highest BCUT2D eigenvalue weighted by atomic mass is 16.6. The van der Waals surface area contributed by atoms with E-state index in [1.165, 1.54) is 24.0 Å². The van der Waals surface area contributed by atoms with Crippen LogP contribution in [0.4, 0.5) is 0 Å². The monoisotopic (exact) mass is 464 g/mol. The van der Waals surface area contributed by atoms with Crippen molar-refractivity contribution in [2.24, 2.45) is 34.0 Å². The van der Waals surface area contributed by atoms with E-state index in [4.69, 9.17) is 4.74 Å². The SMILES string of the molecule is CCc1ccc(CO[C@@]2(O)CC[C@@]3(C)C(=CCC4C3CC[C@@]3(C)C4CC[C@]3(C)C(C)=O)C2)cc1. The minimum Gasteiger partial charge on any atom is -0.365 e. The van der Waals surface area contributed by atoms with Crippen LogP contribution in [0.5, 0.6) is 0 Å². The van der Waals surface area contributed by atoms with Gasteiger partial charge in [0.05, 0.1) is 6.61 Å². The van der Waals surface area contributed by atoms with Gasteiger partial charge in [-0.25, -0.2) is 0 Å². The lowest BCUT2D eigenvalue weighted by Crippen LogP contribution is -2.54. The number of ketones is 1. The van der Waals surface area contributed by atoms with Crippen LogP contribution in [0.1, 0.15) is 97.1 Å². The van der Waals surface area contributed by atoms with Crippen molar-refractivity contribution in [3.8, 4) is 0 Å². The van der Waals surface area contributed by atoms with E-state index in [-0.39, 0.29) is 16.2 Å². The Morgan fingerprint density at radius 2 is 1.68 bits per heavy atom. The maximum Gasteiger partial charge on any atom is 0.169 e. The first kappa shape index (κ1) is 24.3. The molecule has 0 radical (unpaired) electrons. The minimum atomic E-state index is -1.06. The van der Waals surface area contributed by atoms with Gasteiger partial charge in [-0.1, -0.05) is 63.6 Å². The molecule has 1 N–H and O–H groups in total. The Morgan fingerprint density at radius 3 is 2.35 bits per heavy atom. The van der Waals surface area contributed by atoms with Gasteiger partial charge in [0.25, 0.3) is 0 Å². The van der Waals surface area contributed by atoms with Gasteiger partial charge >= 0.3 is 0 Å². The van der Waals surface area contributed by atoms with Crippen molar-refractivity contribution in [2.45, 2.75) is 105 Å². The van der Waals surface area contributed by atoms with Crippen molar-refractivity contribution in [1.82, 2.24) is 0 Å². The molecule has 34 heavy (non-hydrogen) atoms. The van der Waals surface area contributed by atoms with Gasteiger partial charge in [-0.05, 0) is 91.6 Å². The number of benzene rings is 1. The van der Waals surface area contributed by atoms with Gasteiger partial charge in [0, 0.05) is 18.3 Å². The number of aliphatic hydroxyl groups is 1. The average Bonchev–Trinajstić information content (AvgIpc) is 3.11. The van der Waals surface area contributed by atoms with Gasteiger partial charge in [-0.3, -0.25) is 4.79 Å². The molecule has 0 bridgehead atoms. The van der Waals surface area contributed by atoms with Crippen molar-refractivity contribution >= 4 is 5.78 Å². The molecule has 1 aromatic carbocycles. The molecule has 0 spiro atoms. The summed E-state index contributed by atoms with van der Waals surface area (Å²) in [6, 6.07) is 8.55. The number of rotatable bonds is 5. The predicted octanol–water partition coefficient (Wildman–Crippen LogP) is 7.01. The topological polar surface area (TPSA) is 46.5 Å². The number of carbonyl (C=O) groups excluding carboxylic acids is 1. The third-order valence-electron chi connectivity index (χ3n) is 11.4. The summed E-state index contributed by atoms with van der Waals surface area (Å²) in [7, 11) is 0. The molecule has 0 heterocycles. The van der Waals surface area contributed by atoms with Crippen molar-refractivity contribution in [1.29, 1.82) is 0 Å². The molecule has 0 aromatic heterocycles. The molecular weight excluding hydrogens is 420 g/mol. The lowest BCUT2D eigenvalue weighted by molar-refractivity contribution is -0.231. The minimum absolute atomic E-state index is 0.132. The number of allylic oxidation sites excluding steroid dienone is 1. The molecule has 3 fully saturated rings. The van der Waals surface area contributed by atoms with Crippen molar-refractivity contribution in [3.63, 3.8) is 0 Å². The Morgan fingerprint density at radius 1 is 1.00 bits per heavy atom. The van der Waals surface area contributed by atoms with E-state index < -0.39 is 5.79 Å². The van der Waals surface area contributed by atoms with E-state index in [0.717, 1.165) is 37.7 Å². The highest BCUT2D eigenvalue weighted by molar-refractivity contribution is 5.83. The molecule has 3 nitrogen and oxygen atoms in total. The number of ether oxygens (including phenoxy) is 1. The van der Waals surface area contributed by atoms with E-state index >= 15 is 0 Å². The number of Topliss-reactive ketones (excluding diaryl/α,β-unsaturated/α-hetero) is 1. The maximum atomic E-state index is 12.7. The van der Waals surface area contributed by atoms with Crippen LogP contribution in [0.2, 0.25) is 0 Å². The molecular formula is C31H44O3. The summed E-state index contributed by atoms with van der Waals surface area (Å²) >= 11 is 0. The highest BCUT2D eigenvalue weighted by Crippen LogP contribution is 2.70. The summed E-state index contributed by atoms with van der Waals surface area (Å²) < 4.78 is 6.18. The first-order chi connectivity index (χ1) is 16.0. The Bertz CT molecular complexity index is 979. The second kappa shape index (κ2) is 8.30. The van der Waals surface area contributed by atoms with Crippen LogP contribution in [0.3, 0.4) is 0 Å². The lowest BCUT2D eigenvalue weighted by Gasteiger charge is -2.60. The molecule has 3 unspecified atom stereocenters. The van der Waals surface area contributed by atoms with Crippen LogP contribution < -0.4 is 0 Å². The van der Waals surface area contributed by atoms with Crippen molar-refractivity contribution < 1.29 is 14.6 Å². The quantitative estimate of drug-likeness (QED) is 0.376. The van der Waals surface area contributed by atoms with E-state index in [2.05, 4.69) is 58.0 Å². The summed E-state index contributed by atoms with van der Waals surface area (Å²) in [5.41, 5.74) is 3.99. The van der Waals surface area contributed by atoms with Gasteiger partial charge in [-0.2, -0.15) is 0 Å². The van der Waals surface area contributed by atoms with Crippen LogP contribution in [-0.2, 0) is 22.6 Å². The Balaban J connectivity index is 1.32. The molecule has 1 aromatic rings. The molecule has 186 valence electrons. The molecule has 0 amide bonds. The normalized spacial score (nSPS) is 43.5. The Labute approximate surface area is 206 Å². The zero-order valence-corrected chi connectivity index (χ0v) is 22.0. The zero-order chi connectivity index (χ0) is 24.4. The maximum absolute atomic E-state index is 12.7. The first-order valence-corrected chi connectivity index (χ1v) is 13.7. The third-order valence-corrected chi connectivity index (χ3v) is 11.4. The van der Waals surface area contributed by atoms with Crippen molar-refractivity contribution in [2.75, 3.05) is 0 Å². The van der Waals surface area contributed by atoms with Crippen LogP contribution in [0.25, 0.3) is 0 Å². The molecule has 7 atom stereocenters. The summed E-state index contributed by atoms with van der Waals surface area (Å²) in [4.78, 5) is 12.7. The smallest absolute Gasteiger partial charge is 0.169 e. The zero-order valence-electron chi connectivity index (χ0n) is 22.0. The summed E-state index contributed by atoms with van der Waals surface area (Å²) in [5, 5.41) is 11.4. The first-order valence-electron chi connectivity index (χ1n) is 13.7. The lowest BCUT2D eigenvalue weighted by atomic mass is 9.45. The standard InChI is InChI=1S/C31H44O3/c1-6-22-7-9-23(10-8-22)20-34-31(33)18-17-28(3)24(19-31)11-12-25-26(28)13-16-30(5)27(25)14-15-29(30,4)21(2)32/h7-11,25-27,33H,6,12-20H2,1-5H3/t25?,26?,27?,28-,29+,30-,31-/m0/s1. The molecule has 3 heteroatoms. The number of hydrogen-bond donors (Lipinski definition) is 1. The van der Waals surface area contributed by atoms with E-state index in [1.54, 1.807) is 0 Å². The van der Waals surface area contributed by atoms with Gasteiger partial charge in [0.2, 0.25) is 0 Å². The van der Waals surface area contributed by atoms with Gasteiger partial charge in [-0.15, -0.1) is 0 Å². The Kier molecular flexibility index (Phi) is 5.92. The number of carbonyl (C=O) groups is 1. The van der Waals surface area contributed by atoms with Crippen LogP contribution in [-0.4, -0.2) is 16.7 Å². The fourth-order valence-electron chi connectivity index (χ4n) is 8.68. The van der Waals surface area contributed by atoms with E-state index in [0.29, 0.717) is 43.0 Å². The van der Waals surface area contributed by atoms with Gasteiger partial charge in [0.1, 0.15) is 5.78 Å². The molecule has 3 saturated carbocycles. The summed E-state index contributed by atoms with van der Waals surface area (Å²) in [6.45, 7) is 11.6. The fraction of sp³-hybridized carbons (Fsp3) is 0.710. The van der Waals surface area contributed by atoms with Crippen LogP contribution in [0, 0.1) is 34.0 Å². The van der Waals surface area contributed by atoms with Gasteiger partial charge in [0.15, 0.2) is 5.79 Å². The number of hydrogen-bond acceptors (Lipinski definition) is 3. The molecule has 0 aliphatic heterocycles. The van der Waals surface area contributed by atoms with Crippen LogP contribution in [0.15, 0.2) is 35.9 Å². The highest BCUT2D eigenvalue weighted by Gasteiger charge is 2.64. The third kappa shape index (κ3) is 3.56. The summed E-state index contributed by atoms with van der Waals surface area (Å²) in [6.07, 6.45) is 11.5. The Hall–Kier alpha value is -1.45. The van der Waals surface area contributed by atoms with E-state index in [1.807, 2.05) is 6.92 Å². The van der Waals surface area contributed by atoms with E-state index in [9.17, 15) is 9.90 Å². The fourth-order valence-corrected chi connectivity index (χ4v) is 8.68. The largest absolute Gasteiger partial charge is 0.365 e. The average molecular weight is 465 g/mol. The molecule has 5 rings (SSSR count).